The van der Waals surface area contributed by atoms with Gasteiger partial charge in [-0.3, -0.25) is 4.79 Å². The number of carbonyl (C=O) groups excluding carboxylic acids is 1. The van der Waals surface area contributed by atoms with Crippen LogP contribution >= 0.6 is 0 Å². The van der Waals surface area contributed by atoms with Crippen LogP contribution < -0.4 is 5.32 Å². The Kier molecular flexibility index (Phi) is 4.61. The summed E-state index contributed by atoms with van der Waals surface area (Å²) in [5, 5.41) is 7.06. The minimum Gasteiger partial charge on any atom is -0.467 e. The normalized spacial score (nSPS) is 23.4. The zero-order valence-corrected chi connectivity index (χ0v) is 14.7. The summed E-state index contributed by atoms with van der Waals surface area (Å²) >= 11 is 0. The molecule has 0 aromatic carbocycles. The summed E-state index contributed by atoms with van der Waals surface area (Å²) in [6, 6.07) is 2.26. The van der Waals surface area contributed by atoms with E-state index >= 15 is 0 Å². The van der Waals surface area contributed by atoms with Crippen molar-refractivity contribution in [2.24, 2.45) is 0 Å². The third kappa shape index (κ3) is 3.54. The van der Waals surface area contributed by atoms with Gasteiger partial charge in [0, 0.05) is 25.6 Å². The number of furan rings is 1. The summed E-state index contributed by atoms with van der Waals surface area (Å²) in [5.74, 6) is 0.302. The average Bonchev–Trinajstić information content (AvgIpc) is 3.23. The molecule has 0 saturated carbocycles. The maximum absolute atomic E-state index is 13.6. The van der Waals surface area contributed by atoms with Crippen LogP contribution in [0.4, 0.5) is 19.0 Å². The van der Waals surface area contributed by atoms with Gasteiger partial charge in [-0.15, -0.1) is 0 Å². The number of hydrogen-bond donors (Lipinski definition) is 1. The predicted molar refractivity (Wildman–Crippen MR) is 91.4 cm³/mol. The van der Waals surface area contributed by atoms with Crippen molar-refractivity contribution >= 4 is 11.7 Å². The molecule has 1 saturated heterocycles. The lowest BCUT2D eigenvalue weighted by atomic mass is 10.0. The van der Waals surface area contributed by atoms with Gasteiger partial charge in [-0.25, -0.2) is 4.68 Å². The van der Waals surface area contributed by atoms with E-state index in [2.05, 4.69) is 10.4 Å². The molecule has 146 valence electrons. The van der Waals surface area contributed by atoms with Crippen LogP contribution in [0.1, 0.15) is 60.4 Å². The van der Waals surface area contributed by atoms with Gasteiger partial charge >= 0.3 is 6.18 Å². The van der Waals surface area contributed by atoms with Crippen LogP contribution in [-0.2, 0) is 0 Å². The number of hydrogen-bond acceptors (Lipinski definition) is 4. The molecule has 1 amide bonds. The first kappa shape index (κ1) is 17.9. The van der Waals surface area contributed by atoms with E-state index in [1.54, 1.807) is 17.0 Å². The van der Waals surface area contributed by atoms with Crippen LogP contribution in [0.2, 0.25) is 0 Å². The molecule has 2 aliphatic rings. The third-order valence-electron chi connectivity index (χ3n) is 5.19. The maximum Gasteiger partial charge on any atom is 0.410 e. The SMILES string of the molecule is O=C(c1cc2n(n1)[C@@H](C(F)(F)F)C[C@@H](c1ccco1)N2)N1CCCCCC1. The standard InChI is InChI=1S/C18H21F3N4O2/c19-18(20,21)15-10-12(14-6-5-9-27-14)22-16-11-13(23-25(15)16)17(26)24-7-3-1-2-4-8-24/h5-6,9,11-12,15,22H,1-4,7-8,10H2/t12-,15+/m0/s1. The Labute approximate surface area is 154 Å². The molecule has 2 aliphatic heterocycles. The molecule has 1 fully saturated rings. The van der Waals surface area contributed by atoms with Crippen LogP contribution in [0.5, 0.6) is 0 Å². The second-order valence-corrected chi connectivity index (χ2v) is 7.07. The van der Waals surface area contributed by atoms with Crippen LogP contribution in [-0.4, -0.2) is 39.9 Å². The number of rotatable bonds is 2. The molecule has 6 nitrogen and oxygen atoms in total. The molecule has 0 aliphatic carbocycles. The summed E-state index contributed by atoms with van der Waals surface area (Å²) in [6.07, 6.45) is 0.643. The van der Waals surface area contributed by atoms with Crippen molar-refractivity contribution in [1.82, 2.24) is 14.7 Å². The number of halogens is 3. The first-order valence-electron chi connectivity index (χ1n) is 9.19. The number of carbonyl (C=O) groups is 1. The van der Waals surface area contributed by atoms with E-state index < -0.39 is 18.3 Å². The lowest BCUT2D eigenvalue weighted by molar-refractivity contribution is -0.174. The van der Waals surface area contributed by atoms with E-state index in [0.29, 0.717) is 18.8 Å². The first-order chi connectivity index (χ1) is 12.9. The molecule has 2 aromatic rings. The van der Waals surface area contributed by atoms with Gasteiger partial charge in [-0.1, -0.05) is 12.8 Å². The molecule has 2 atom stereocenters. The summed E-state index contributed by atoms with van der Waals surface area (Å²) in [7, 11) is 0. The van der Waals surface area contributed by atoms with Gasteiger partial charge in [-0.2, -0.15) is 18.3 Å². The highest BCUT2D eigenvalue weighted by Gasteiger charge is 2.47. The molecule has 4 heterocycles. The maximum atomic E-state index is 13.6. The Morgan fingerprint density at radius 2 is 1.96 bits per heavy atom. The Balaban J connectivity index is 1.64. The Morgan fingerprint density at radius 1 is 1.22 bits per heavy atom. The van der Waals surface area contributed by atoms with Gasteiger partial charge in [0.1, 0.15) is 11.6 Å². The monoisotopic (exact) mass is 382 g/mol. The number of aromatic nitrogens is 2. The highest BCUT2D eigenvalue weighted by Crippen LogP contribution is 2.43. The second-order valence-electron chi connectivity index (χ2n) is 7.07. The molecule has 0 spiro atoms. The molecule has 0 bridgehead atoms. The smallest absolute Gasteiger partial charge is 0.410 e. The Bertz CT molecular complexity index is 792. The van der Waals surface area contributed by atoms with E-state index in [-0.39, 0.29) is 23.8 Å². The number of anilines is 1. The van der Waals surface area contributed by atoms with E-state index in [1.807, 2.05) is 0 Å². The lowest BCUT2D eigenvalue weighted by Crippen LogP contribution is -2.36. The minimum atomic E-state index is -4.48. The average molecular weight is 382 g/mol. The summed E-state index contributed by atoms with van der Waals surface area (Å²) in [4.78, 5) is 14.4. The van der Waals surface area contributed by atoms with Crippen LogP contribution in [0.25, 0.3) is 0 Å². The predicted octanol–water partition coefficient (Wildman–Crippen LogP) is 4.15. The fraction of sp³-hybridized carbons (Fsp3) is 0.556. The van der Waals surface area contributed by atoms with Crippen molar-refractivity contribution in [3.63, 3.8) is 0 Å². The number of amides is 1. The number of nitrogens with one attached hydrogen (secondary N) is 1. The van der Waals surface area contributed by atoms with Gasteiger partial charge in [0.15, 0.2) is 11.7 Å². The van der Waals surface area contributed by atoms with Gasteiger partial charge in [0.2, 0.25) is 0 Å². The van der Waals surface area contributed by atoms with Gasteiger partial charge in [0.05, 0.1) is 12.3 Å². The summed E-state index contributed by atoms with van der Waals surface area (Å²) < 4.78 is 47.1. The molecule has 1 N–H and O–H groups in total. The van der Waals surface area contributed by atoms with Gasteiger partial charge in [0.25, 0.3) is 5.91 Å². The van der Waals surface area contributed by atoms with E-state index in [4.69, 9.17) is 4.42 Å². The molecular formula is C18H21F3N4O2. The zero-order valence-electron chi connectivity index (χ0n) is 14.7. The number of likely N-dealkylation sites (tertiary alicyclic amines) is 1. The number of alkyl halides is 3. The van der Waals surface area contributed by atoms with Crippen molar-refractivity contribution in [3.05, 3.63) is 35.9 Å². The number of nitrogens with zero attached hydrogens (tertiary/aromatic N) is 3. The molecule has 9 heteroatoms. The minimum absolute atomic E-state index is 0.0498. The number of fused-ring (bicyclic) bond motifs is 1. The molecule has 27 heavy (non-hydrogen) atoms. The van der Waals surface area contributed by atoms with Crippen LogP contribution in [0.3, 0.4) is 0 Å². The van der Waals surface area contributed by atoms with Crippen molar-refractivity contribution < 1.29 is 22.4 Å². The van der Waals surface area contributed by atoms with Crippen molar-refractivity contribution in [2.75, 3.05) is 18.4 Å². The van der Waals surface area contributed by atoms with Gasteiger partial charge < -0.3 is 14.6 Å². The zero-order chi connectivity index (χ0) is 19.0. The molecule has 0 unspecified atom stereocenters. The fourth-order valence-corrected chi connectivity index (χ4v) is 3.79. The fourth-order valence-electron chi connectivity index (χ4n) is 3.79. The highest BCUT2D eigenvalue weighted by molar-refractivity contribution is 5.93. The van der Waals surface area contributed by atoms with Gasteiger partial charge in [-0.05, 0) is 25.0 Å². The van der Waals surface area contributed by atoms with Crippen molar-refractivity contribution in [1.29, 1.82) is 0 Å². The van der Waals surface area contributed by atoms with E-state index in [0.717, 1.165) is 30.4 Å². The van der Waals surface area contributed by atoms with E-state index in [9.17, 15) is 18.0 Å². The summed E-state index contributed by atoms with van der Waals surface area (Å²) in [6.45, 7) is 1.23. The van der Waals surface area contributed by atoms with Crippen LogP contribution in [0.15, 0.2) is 28.9 Å². The second kappa shape index (κ2) is 6.94. The highest BCUT2D eigenvalue weighted by atomic mass is 19.4. The Morgan fingerprint density at radius 3 is 2.59 bits per heavy atom. The quantitative estimate of drug-likeness (QED) is 0.848. The molecule has 4 rings (SSSR count). The van der Waals surface area contributed by atoms with Crippen molar-refractivity contribution in [2.45, 2.75) is 50.4 Å². The third-order valence-corrected chi connectivity index (χ3v) is 5.19. The molecular weight excluding hydrogens is 361 g/mol. The molecule has 2 aromatic heterocycles. The van der Waals surface area contributed by atoms with E-state index in [1.165, 1.54) is 12.3 Å². The Hall–Kier alpha value is -2.45. The first-order valence-corrected chi connectivity index (χ1v) is 9.19. The largest absolute Gasteiger partial charge is 0.467 e. The molecule has 0 radical (unpaired) electrons. The lowest BCUT2D eigenvalue weighted by Gasteiger charge is -2.32. The summed E-state index contributed by atoms with van der Waals surface area (Å²) in [5.41, 5.74) is 0.0498. The van der Waals surface area contributed by atoms with Crippen LogP contribution in [0, 0.1) is 0 Å². The topological polar surface area (TPSA) is 63.3 Å². The van der Waals surface area contributed by atoms with Crippen molar-refractivity contribution in [3.8, 4) is 0 Å².